The molecule has 1 atom stereocenters. The summed E-state index contributed by atoms with van der Waals surface area (Å²) < 4.78 is 0. The average Bonchev–Trinajstić information content (AvgIpc) is 2.37. The summed E-state index contributed by atoms with van der Waals surface area (Å²) in [5, 5.41) is 9.05. The number of rotatable bonds is 3. The van der Waals surface area contributed by atoms with Crippen LogP contribution in [0.4, 0.5) is 5.69 Å². The number of para-hydroxylation sites is 1. The lowest BCUT2D eigenvalue weighted by molar-refractivity contribution is -0.124. The second kappa shape index (κ2) is 4.80. The number of nitriles is 1. The number of carbonyl (C=O) groups excluding carboxylic acids is 1. The molecule has 1 aromatic carbocycles. The summed E-state index contributed by atoms with van der Waals surface area (Å²) >= 11 is 0. The molecule has 0 saturated heterocycles. The van der Waals surface area contributed by atoms with Gasteiger partial charge in [0, 0.05) is 12.7 Å². The van der Waals surface area contributed by atoms with E-state index in [0.717, 1.165) is 5.69 Å². The molecule has 84 valence electrons. The van der Waals surface area contributed by atoms with Crippen LogP contribution in [0, 0.1) is 16.7 Å². The molecular formula is C13H16N2O. The number of anilines is 1. The van der Waals surface area contributed by atoms with Gasteiger partial charge < -0.3 is 4.90 Å². The summed E-state index contributed by atoms with van der Waals surface area (Å²) in [7, 11) is 1.70. The maximum absolute atomic E-state index is 12.1. The van der Waals surface area contributed by atoms with E-state index in [2.05, 4.69) is 6.07 Å². The minimum Gasteiger partial charge on any atom is -0.314 e. The van der Waals surface area contributed by atoms with Crippen LogP contribution in [0.15, 0.2) is 30.3 Å². The van der Waals surface area contributed by atoms with Gasteiger partial charge in [-0.15, -0.1) is 0 Å². The maximum atomic E-state index is 12.1. The fourth-order valence-corrected chi connectivity index (χ4v) is 1.42. The molecular weight excluding hydrogens is 200 g/mol. The van der Waals surface area contributed by atoms with E-state index >= 15 is 0 Å². The average molecular weight is 216 g/mol. The van der Waals surface area contributed by atoms with Gasteiger partial charge in [0.15, 0.2) is 0 Å². The predicted molar refractivity (Wildman–Crippen MR) is 63.9 cm³/mol. The molecule has 1 amide bonds. The SMILES string of the molecule is CCC(C)(C#N)C(=O)N(C)c1ccccc1. The van der Waals surface area contributed by atoms with Gasteiger partial charge in [-0.05, 0) is 25.5 Å². The Morgan fingerprint density at radius 1 is 1.44 bits per heavy atom. The summed E-state index contributed by atoms with van der Waals surface area (Å²) in [4.78, 5) is 13.7. The molecule has 0 aliphatic rings. The topological polar surface area (TPSA) is 44.1 Å². The van der Waals surface area contributed by atoms with Crippen molar-refractivity contribution in [3.8, 4) is 6.07 Å². The first-order valence-corrected chi connectivity index (χ1v) is 5.29. The van der Waals surface area contributed by atoms with Crippen molar-refractivity contribution in [1.29, 1.82) is 5.26 Å². The van der Waals surface area contributed by atoms with E-state index < -0.39 is 5.41 Å². The lowest BCUT2D eigenvalue weighted by Gasteiger charge is -2.26. The van der Waals surface area contributed by atoms with Crippen LogP contribution < -0.4 is 4.90 Å². The van der Waals surface area contributed by atoms with Gasteiger partial charge in [0.2, 0.25) is 5.91 Å². The molecule has 16 heavy (non-hydrogen) atoms. The van der Waals surface area contributed by atoms with Crippen LogP contribution in [0.5, 0.6) is 0 Å². The van der Waals surface area contributed by atoms with E-state index in [1.165, 1.54) is 4.90 Å². The number of hydrogen-bond donors (Lipinski definition) is 0. The van der Waals surface area contributed by atoms with Gasteiger partial charge in [-0.2, -0.15) is 5.26 Å². The molecule has 3 heteroatoms. The van der Waals surface area contributed by atoms with Gasteiger partial charge in [-0.3, -0.25) is 4.79 Å². The molecule has 3 nitrogen and oxygen atoms in total. The third-order valence-corrected chi connectivity index (χ3v) is 2.87. The van der Waals surface area contributed by atoms with Crippen molar-refractivity contribution in [2.45, 2.75) is 20.3 Å². The monoisotopic (exact) mass is 216 g/mol. The number of carbonyl (C=O) groups is 1. The molecule has 0 aromatic heterocycles. The molecule has 0 radical (unpaired) electrons. The first-order chi connectivity index (χ1) is 7.55. The van der Waals surface area contributed by atoms with Gasteiger partial charge in [0.25, 0.3) is 0 Å². The van der Waals surface area contributed by atoms with E-state index in [0.29, 0.717) is 6.42 Å². The first kappa shape index (κ1) is 12.3. The number of nitrogens with zero attached hydrogens (tertiary/aromatic N) is 2. The highest BCUT2D eigenvalue weighted by molar-refractivity contribution is 5.98. The smallest absolute Gasteiger partial charge is 0.246 e. The largest absolute Gasteiger partial charge is 0.314 e. The molecule has 1 rings (SSSR count). The predicted octanol–water partition coefficient (Wildman–Crippen LogP) is 2.59. The Bertz CT molecular complexity index is 408. The highest BCUT2D eigenvalue weighted by Gasteiger charge is 2.34. The van der Waals surface area contributed by atoms with Crippen molar-refractivity contribution in [2.75, 3.05) is 11.9 Å². The Hall–Kier alpha value is -1.82. The third kappa shape index (κ3) is 2.22. The Kier molecular flexibility index (Phi) is 3.68. The fraction of sp³-hybridized carbons (Fsp3) is 0.385. The third-order valence-electron chi connectivity index (χ3n) is 2.87. The van der Waals surface area contributed by atoms with Crippen LogP contribution in [0.1, 0.15) is 20.3 Å². The Balaban J connectivity index is 2.96. The summed E-state index contributed by atoms with van der Waals surface area (Å²) in [6, 6.07) is 11.4. The van der Waals surface area contributed by atoms with Crippen LogP contribution in [0.25, 0.3) is 0 Å². The van der Waals surface area contributed by atoms with Gasteiger partial charge in [0.05, 0.1) is 6.07 Å². The Labute approximate surface area is 96.3 Å². The molecule has 0 spiro atoms. The number of benzene rings is 1. The second-order valence-corrected chi connectivity index (χ2v) is 4.00. The van der Waals surface area contributed by atoms with Gasteiger partial charge in [0.1, 0.15) is 5.41 Å². The zero-order chi connectivity index (χ0) is 12.2. The minimum absolute atomic E-state index is 0.163. The van der Waals surface area contributed by atoms with Gasteiger partial charge >= 0.3 is 0 Å². The Morgan fingerprint density at radius 2 is 2.00 bits per heavy atom. The second-order valence-electron chi connectivity index (χ2n) is 4.00. The molecule has 0 saturated carbocycles. The van der Waals surface area contributed by atoms with Crippen LogP contribution >= 0.6 is 0 Å². The molecule has 0 fully saturated rings. The summed E-state index contributed by atoms with van der Waals surface area (Å²) in [5.41, 5.74) is -0.132. The first-order valence-electron chi connectivity index (χ1n) is 5.29. The van der Waals surface area contributed by atoms with Crippen LogP contribution in [0.2, 0.25) is 0 Å². The van der Waals surface area contributed by atoms with Gasteiger partial charge in [-0.1, -0.05) is 25.1 Å². The highest BCUT2D eigenvalue weighted by Crippen LogP contribution is 2.25. The number of hydrogen-bond acceptors (Lipinski definition) is 2. The lowest BCUT2D eigenvalue weighted by atomic mass is 9.88. The standard InChI is InChI=1S/C13H16N2O/c1-4-13(2,10-14)12(16)15(3)11-8-6-5-7-9-11/h5-9H,4H2,1-3H3. The zero-order valence-electron chi connectivity index (χ0n) is 9.90. The maximum Gasteiger partial charge on any atom is 0.246 e. The van der Waals surface area contributed by atoms with Gasteiger partial charge in [-0.25, -0.2) is 0 Å². The highest BCUT2D eigenvalue weighted by atomic mass is 16.2. The van der Waals surface area contributed by atoms with Crippen LogP contribution in [0.3, 0.4) is 0 Å². The van der Waals surface area contributed by atoms with E-state index in [1.54, 1.807) is 14.0 Å². The zero-order valence-corrected chi connectivity index (χ0v) is 9.90. The van der Waals surface area contributed by atoms with E-state index in [-0.39, 0.29) is 5.91 Å². The lowest BCUT2D eigenvalue weighted by Crippen LogP contribution is -2.39. The molecule has 0 bridgehead atoms. The Morgan fingerprint density at radius 3 is 2.44 bits per heavy atom. The van der Waals surface area contributed by atoms with Crippen molar-refractivity contribution in [3.05, 3.63) is 30.3 Å². The summed E-state index contributed by atoms with van der Waals surface area (Å²) in [6.45, 7) is 3.52. The van der Waals surface area contributed by atoms with Crippen LogP contribution in [-0.2, 0) is 4.79 Å². The quantitative estimate of drug-likeness (QED) is 0.779. The van der Waals surface area contributed by atoms with E-state index in [9.17, 15) is 4.79 Å². The van der Waals surface area contributed by atoms with Crippen molar-refractivity contribution in [1.82, 2.24) is 0 Å². The fourth-order valence-electron chi connectivity index (χ4n) is 1.42. The van der Waals surface area contributed by atoms with Crippen molar-refractivity contribution in [2.24, 2.45) is 5.41 Å². The minimum atomic E-state index is -0.940. The molecule has 0 N–H and O–H groups in total. The molecule has 0 aliphatic heterocycles. The molecule has 0 heterocycles. The summed E-state index contributed by atoms with van der Waals surface area (Å²) in [6.07, 6.45) is 0.513. The van der Waals surface area contributed by atoms with E-state index in [1.807, 2.05) is 37.3 Å². The van der Waals surface area contributed by atoms with Crippen molar-refractivity contribution in [3.63, 3.8) is 0 Å². The normalized spacial score (nSPS) is 13.6. The van der Waals surface area contributed by atoms with E-state index in [4.69, 9.17) is 5.26 Å². The van der Waals surface area contributed by atoms with Crippen molar-refractivity contribution >= 4 is 11.6 Å². The summed E-state index contributed by atoms with van der Waals surface area (Å²) in [5.74, 6) is -0.163. The van der Waals surface area contributed by atoms with Crippen LogP contribution in [-0.4, -0.2) is 13.0 Å². The van der Waals surface area contributed by atoms with Crippen molar-refractivity contribution < 1.29 is 4.79 Å². The molecule has 1 unspecified atom stereocenters. The molecule has 0 aliphatic carbocycles. The number of amides is 1. The molecule has 1 aromatic rings.